The molecule has 1 aliphatic heterocycles. The first-order valence-corrected chi connectivity index (χ1v) is 7.64. The van der Waals surface area contributed by atoms with Crippen LogP contribution in [0.1, 0.15) is 19.3 Å². The number of anilines is 1. The van der Waals surface area contributed by atoms with E-state index in [-0.39, 0.29) is 17.2 Å². The quantitative estimate of drug-likeness (QED) is 0.889. The van der Waals surface area contributed by atoms with Gasteiger partial charge in [0.2, 0.25) is 5.91 Å². The fourth-order valence-electron chi connectivity index (χ4n) is 3.63. The maximum atomic E-state index is 12.5. The first-order chi connectivity index (χ1) is 10.3. The summed E-state index contributed by atoms with van der Waals surface area (Å²) in [6.45, 7) is 2.09. The van der Waals surface area contributed by atoms with Crippen molar-refractivity contribution in [3.8, 4) is 0 Å². The van der Waals surface area contributed by atoms with Gasteiger partial charge in [-0.15, -0.1) is 0 Å². The van der Waals surface area contributed by atoms with Crippen LogP contribution in [0.2, 0.25) is 0 Å². The van der Waals surface area contributed by atoms with E-state index < -0.39 is 0 Å². The van der Waals surface area contributed by atoms with Crippen molar-refractivity contribution in [3.63, 3.8) is 0 Å². The van der Waals surface area contributed by atoms with Crippen LogP contribution < -0.4 is 10.6 Å². The number of rotatable bonds is 2. The van der Waals surface area contributed by atoms with Crippen molar-refractivity contribution in [2.24, 2.45) is 11.3 Å². The number of nitrogens with one attached hydrogen (secondary N) is 2. The second-order valence-electron chi connectivity index (χ2n) is 6.23. The largest absolute Gasteiger partial charge is 0.325 e. The number of fused-ring (bicyclic) bond motifs is 1. The lowest BCUT2D eigenvalue weighted by Gasteiger charge is -2.23. The van der Waals surface area contributed by atoms with Gasteiger partial charge in [0.25, 0.3) is 0 Å². The third-order valence-electron chi connectivity index (χ3n) is 5.01. The average Bonchev–Trinajstić information content (AvgIpc) is 3.22. The number of nitrogens with zero attached hydrogens (tertiary/aromatic N) is 1. The van der Waals surface area contributed by atoms with Crippen molar-refractivity contribution in [1.82, 2.24) is 10.3 Å². The molecule has 1 atom stereocenters. The predicted molar refractivity (Wildman–Crippen MR) is 83.0 cm³/mol. The van der Waals surface area contributed by atoms with E-state index in [2.05, 4.69) is 15.6 Å². The molecule has 0 radical (unpaired) electrons. The van der Waals surface area contributed by atoms with Gasteiger partial charge in [0.15, 0.2) is 0 Å². The molecule has 1 saturated carbocycles. The first-order valence-electron chi connectivity index (χ1n) is 7.64. The van der Waals surface area contributed by atoms with E-state index >= 15 is 0 Å². The van der Waals surface area contributed by atoms with Gasteiger partial charge in [0, 0.05) is 17.5 Å². The summed E-state index contributed by atoms with van der Waals surface area (Å²) in [6.07, 6.45) is 5.08. The third-order valence-corrected chi connectivity index (χ3v) is 5.01. The molecule has 4 rings (SSSR count). The average molecular weight is 281 g/mol. The molecule has 2 heterocycles. The zero-order valence-electron chi connectivity index (χ0n) is 11.9. The molecule has 108 valence electrons. The lowest BCUT2D eigenvalue weighted by atomic mass is 9.91. The van der Waals surface area contributed by atoms with Crippen LogP contribution in [0.4, 0.5) is 5.69 Å². The lowest BCUT2D eigenvalue weighted by Crippen LogP contribution is -2.31. The topological polar surface area (TPSA) is 54.0 Å². The predicted octanol–water partition coefficient (Wildman–Crippen LogP) is 2.56. The van der Waals surface area contributed by atoms with Crippen LogP contribution in [0.25, 0.3) is 10.9 Å². The molecule has 0 bridgehead atoms. The Balaban J connectivity index is 1.54. The fourth-order valence-corrected chi connectivity index (χ4v) is 3.63. The van der Waals surface area contributed by atoms with Crippen molar-refractivity contribution in [3.05, 3.63) is 36.5 Å². The van der Waals surface area contributed by atoms with Crippen molar-refractivity contribution in [2.75, 3.05) is 18.4 Å². The van der Waals surface area contributed by atoms with Gasteiger partial charge in [-0.3, -0.25) is 9.78 Å². The van der Waals surface area contributed by atoms with Crippen LogP contribution in [0, 0.1) is 11.3 Å². The number of aromatic nitrogens is 1. The van der Waals surface area contributed by atoms with E-state index in [0.29, 0.717) is 0 Å². The molecule has 1 unspecified atom stereocenters. The van der Waals surface area contributed by atoms with Crippen molar-refractivity contribution in [2.45, 2.75) is 19.3 Å². The van der Waals surface area contributed by atoms with Crippen molar-refractivity contribution in [1.29, 1.82) is 0 Å². The first kappa shape index (κ1) is 12.8. The molecular formula is C17H19N3O. The zero-order valence-corrected chi connectivity index (χ0v) is 11.9. The number of carbonyl (C=O) groups is 1. The lowest BCUT2D eigenvalue weighted by molar-refractivity contribution is -0.118. The zero-order chi connectivity index (χ0) is 14.3. The van der Waals surface area contributed by atoms with Gasteiger partial charge in [-0.2, -0.15) is 0 Å². The van der Waals surface area contributed by atoms with Crippen LogP contribution >= 0.6 is 0 Å². The van der Waals surface area contributed by atoms with Crippen LogP contribution in [-0.4, -0.2) is 24.0 Å². The molecular weight excluding hydrogens is 262 g/mol. The van der Waals surface area contributed by atoms with Crippen LogP contribution in [0.5, 0.6) is 0 Å². The molecule has 2 N–H and O–H groups in total. The highest BCUT2D eigenvalue weighted by molar-refractivity contribution is 6.02. The minimum Gasteiger partial charge on any atom is -0.325 e. The number of amides is 1. The second-order valence-corrected chi connectivity index (χ2v) is 6.23. The Labute approximate surface area is 124 Å². The molecule has 2 fully saturated rings. The number of carbonyl (C=O) groups excluding carboxylic acids is 1. The SMILES string of the molecule is O=C(Nc1cccc2ncccc12)C1CC12CCNCC2. The molecule has 1 aromatic carbocycles. The summed E-state index contributed by atoms with van der Waals surface area (Å²) in [7, 11) is 0. The minimum absolute atomic E-state index is 0.174. The van der Waals surface area contributed by atoms with Crippen molar-refractivity contribution >= 4 is 22.5 Å². The van der Waals surface area contributed by atoms with Crippen LogP contribution in [0.3, 0.4) is 0 Å². The Morgan fingerprint density at radius 1 is 1.24 bits per heavy atom. The molecule has 1 saturated heterocycles. The molecule has 4 nitrogen and oxygen atoms in total. The summed E-state index contributed by atoms with van der Waals surface area (Å²) < 4.78 is 0. The summed E-state index contributed by atoms with van der Waals surface area (Å²) in [5.41, 5.74) is 2.07. The van der Waals surface area contributed by atoms with Gasteiger partial charge in [-0.1, -0.05) is 6.07 Å². The van der Waals surface area contributed by atoms with Gasteiger partial charge in [-0.05, 0) is 62.0 Å². The standard InChI is InChI=1S/C17H19N3O/c21-16(13-11-17(13)6-9-18-10-7-17)20-15-5-1-4-14-12(15)3-2-8-19-14/h1-5,8,13,18H,6-7,9-11H2,(H,20,21). The van der Waals surface area contributed by atoms with E-state index in [0.717, 1.165) is 48.9 Å². The van der Waals surface area contributed by atoms with E-state index in [4.69, 9.17) is 0 Å². The van der Waals surface area contributed by atoms with Gasteiger partial charge >= 0.3 is 0 Å². The maximum absolute atomic E-state index is 12.5. The molecule has 2 aromatic rings. The van der Waals surface area contributed by atoms with Gasteiger partial charge in [0.05, 0.1) is 11.2 Å². The Bertz CT molecular complexity index is 686. The molecule has 1 aliphatic carbocycles. The van der Waals surface area contributed by atoms with Crippen molar-refractivity contribution < 1.29 is 4.79 Å². The number of piperidine rings is 1. The molecule has 4 heteroatoms. The van der Waals surface area contributed by atoms with E-state index in [1.807, 2.05) is 30.3 Å². The highest BCUT2D eigenvalue weighted by Gasteiger charge is 2.57. The summed E-state index contributed by atoms with van der Waals surface area (Å²) in [4.78, 5) is 16.9. The summed E-state index contributed by atoms with van der Waals surface area (Å²) in [6, 6.07) is 9.78. The Hall–Kier alpha value is -1.94. The number of hydrogen-bond acceptors (Lipinski definition) is 3. The summed E-state index contributed by atoms with van der Waals surface area (Å²) in [5, 5.41) is 7.50. The van der Waals surface area contributed by atoms with Gasteiger partial charge in [0.1, 0.15) is 0 Å². The second kappa shape index (κ2) is 4.81. The number of benzene rings is 1. The molecule has 1 amide bonds. The maximum Gasteiger partial charge on any atom is 0.228 e. The molecule has 21 heavy (non-hydrogen) atoms. The van der Waals surface area contributed by atoms with Crippen LogP contribution in [0.15, 0.2) is 36.5 Å². The number of pyridine rings is 1. The highest BCUT2D eigenvalue weighted by Crippen LogP contribution is 2.58. The fraction of sp³-hybridized carbons (Fsp3) is 0.412. The van der Waals surface area contributed by atoms with Crippen LogP contribution in [-0.2, 0) is 4.79 Å². The summed E-state index contributed by atoms with van der Waals surface area (Å²) >= 11 is 0. The monoisotopic (exact) mass is 281 g/mol. The number of hydrogen-bond donors (Lipinski definition) is 2. The van der Waals surface area contributed by atoms with E-state index in [9.17, 15) is 4.79 Å². The smallest absolute Gasteiger partial charge is 0.228 e. The normalized spacial score (nSPS) is 23.1. The van der Waals surface area contributed by atoms with E-state index in [1.54, 1.807) is 6.20 Å². The van der Waals surface area contributed by atoms with Gasteiger partial charge < -0.3 is 10.6 Å². The molecule has 2 aliphatic rings. The molecule has 1 spiro atoms. The Morgan fingerprint density at radius 3 is 2.95 bits per heavy atom. The summed E-state index contributed by atoms with van der Waals surface area (Å²) in [5.74, 6) is 0.361. The Morgan fingerprint density at radius 2 is 2.10 bits per heavy atom. The minimum atomic E-state index is 0.174. The third kappa shape index (κ3) is 2.20. The molecule has 1 aromatic heterocycles. The van der Waals surface area contributed by atoms with E-state index in [1.165, 1.54) is 0 Å². The van der Waals surface area contributed by atoms with Gasteiger partial charge in [-0.25, -0.2) is 0 Å². The Kier molecular flexibility index (Phi) is 2.93. The highest BCUT2D eigenvalue weighted by atomic mass is 16.2.